The molecule has 1 aliphatic rings. The van der Waals surface area contributed by atoms with Crippen molar-refractivity contribution in [2.75, 3.05) is 13.1 Å². The molecule has 0 spiro atoms. The van der Waals surface area contributed by atoms with Crippen LogP contribution in [0.5, 0.6) is 0 Å². The summed E-state index contributed by atoms with van der Waals surface area (Å²) in [5, 5.41) is 0. The van der Waals surface area contributed by atoms with Crippen LogP contribution >= 0.6 is 0 Å². The van der Waals surface area contributed by atoms with Crippen LogP contribution < -0.4 is 0 Å². The van der Waals surface area contributed by atoms with Crippen molar-refractivity contribution in [3.05, 3.63) is 108 Å². The van der Waals surface area contributed by atoms with Crippen LogP contribution in [-0.2, 0) is 24.1 Å². The zero-order valence-corrected chi connectivity index (χ0v) is 20.6. The van der Waals surface area contributed by atoms with E-state index in [1.807, 2.05) is 37.8 Å². The van der Waals surface area contributed by atoms with Gasteiger partial charge < -0.3 is 4.74 Å². The summed E-state index contributed by atoms with van der Waals surface area (Å²) in [6, 6.07) is 31.6. The lowest BCUT2D eigenvalue weighted by Crippen LogP contribution is -2.62. The van der Waals surface area contributed by atoms with Crippen molar-refractivity contribution in [3.63, 3.8) is 0 Å². The molecule has 2 atom stereocenters. The highest BCUT2D eigenvalue weighted by molar-refractivity contribution is 5.69. The molecule has 1 aliphatic heterocycles. The SMILES string of the molecule is CC(C)(C)OC(=O)N1[C@@H](Cc2ccccc2)CN(Cc2ccccc2)C[C@@H]1Cc1ccccc1. The lowest BCUT2D eigenvalue weighted by atomic mass is 9.95. The Labute approximate surface area is 204 Å². The Hall–Kier alpha value is -3.11. The highest BCUT2D eigenvalue weighted by atomic mass is 16.6. The van der Waals surface area contributed by atoms with E-state index in [9.17, 15) is 4.79 Å². The van der Waals surface area contributed by atoms with E-state index in [-0.39, 0.29) is 18.2 Å². The van der Waals surface area contributed by atoms with Crippen molar-refractivity contribution in [1.82, 2.24) is 9.80 Å². The van der Waals surface area contributed by atoms with Gasteiger partial charge >= 0.3 is 6.09 Å². The number of carbonyl (C=O) groups is 1. The number of piperazine rings is 1. The van der Waals surface area contributed by atoms with Crippen molar-refractivity contribution < 1.29 is 9.53 Å². The van der Waals surface area contributed by atoms with Gasteiger partial charge in [-0.05, 0) is 50.3 Å². The Morgan fingerprint density at radius 3 is 1.56 bits per heavy atom. The third-order valence-electron chi connectivity index (χ3n) is 6.21. The predicted molar refractivity (Wildman–Crippen MR) is 138 cm³/mol. The minimum Gasteiger partial charge on any atom is -0.444 e. The van der Waals surface area contributed by atoms with Crippen molar-refractivity contribution >= 4 is 6.09 Å². The van der Waals surface area contributed by atoms with Crippen LogP contribution in [0, 0.1) is 0 Å². The molecule has 1 amide bonds. The summed E-state index contributed by atoms with van der Waals surface area (Å²) in [5.74, 6) is 0. The van der Waals surface area contributed by atoms with Crippen molar-refractivity contribution in [2.45, 2.75) is 57.8 Å². The molecule has 0 aromatic heterocycles. The first-order valence-electron chi connectivity index (χ1n) is 12.2. The topological polar surface area (TPSA) is 32.8 Å². The summed E-state index contributed by atoms with van der Waals surface area (Å²) in [4.78, 5) is 18.1. The normalized spacial score (nSPS) is 19.1. The van der Waals surface area contributed by atoms with Gasteiger partial charge in [-0.15, -0.1) is 0 Å². The van der Waals surface area contributed by atoms with Gasteiger partial charge in [0.1, 0.15) is 5.60 Å². The Kier molecular flexibility index (Phi) is 7.69. The molecule has 178 valence electrons. The largest absolute Gasteiger partial charge is 0.444 e. The summed E-state index contributed by atoms with van der Waals surface area (Å²) in [7, 11) is 0. The van der Waals surface area contributed by atoms with Gasteiger partial charge in [0.15, 0.2) is 0 Å². The fourth-order valence-corrected chi connectivity index (χ4v) is 4.83. The zero-order chi connectivity index (χ0) is 24.0. The summed E-state index contributed by atoms with van der Waals surface area (Å²) in [6.07, 6.45) is 1.39. The van der Waals surface area contributed by atoms with Gasteiger partial charge in [-0.1, -0.05) is 91.0 Å². The van der Waals surface area contributed by atoms with Gasteiger partial charge in [0.25, 0.3) is 0 Å². The Morgan fingerprint density at radius 1 is 0.735 bits per heavy atom. The molecule has 4 heteroatoms. The maximum absolute atomic E-state index is 13.6. The van der Waals surface area contributed by atoms with E-state index in [1.54, 1.807) is 0 Å². The van der Waals surface area contributed by atoms with Crippen LogP contribution in [-0.4, -0.2) is 46.7 Å². The van der Waals surface area contributed by atoms with Gasteiger partial charge in [-0.3, -0.25) is 9.80 Å². The van der Waals surface area contributed by atoms with Crippen LogP contribution in [0.1, 0.15) is 37.5 Å². The molecule has 0 bridgehead atoms. The van der Waals surface area contributed by atoms with Gasteiger partial charge in [-0.25, -0.2) is 4.79 Å². The van der Waals surface area contributed by atoms with Crippen molar-refractivity contribution in [1.29, 1.82) is 0 Å². The molecule has 1 heterocycles. The minimum absolute atomic E-state index is 0.0309. The van der Waals surface area contributed by atoms with Gasteiger partial charge in [-0.2, -0.15) is 0 Å². The molecule has 1 fully saturated rings. The molecule has 3 aromatic rings. The second-order valence-corrected chi connectivity index (χ2v) is 10.3. The number of rotatable bonds is 6. The number of hydrogen-bond acceptors (Lipinski definition) is 3. The Bertz CT molecular complexity index is 980. The molecule has 0 saturated carbocycles. The third-order valence-corrected chi connectivity index (χ3v) is 6.21. The van der Waals surface area contributed by atoms with Crippen LogP contribution in [0.4, 0.5) is 4.79 Å². The van der Waals surface area contributed by atoms with E-state index in [0.717, 1.165) is 32.5 Å². The average molecular weight is 457 g/mol. The third kappa shape index (κ3) is 6.71. The molecule has 4 nitrogen and oxygen atoms in total. The minimum atomic E-state index is -0.535. The number of hydrogen-bond donors (Lipinski definition) is 0. The lowest BCUT2D eigenvalue weighted by molar-refractivity contribution is -0.0232. The Morgan fingerprint density at radius 2 is 1.15 bits per heavy atom. The first kappa shape index (κ1) is 24.0. The maximum atomic E-state index is 13.6. The highest BCUT2D eigenvalue weighted by Crippen LogP contribution is 2.26. The van der Waals surface area contributed by atoms with E-state index < -0.39 is 5.60 Å². The van der Waals surface area contributed by atoms with E-state index in [0.29, 0.717) is 0 Å². The van der Waals surface area contributed by atoms with Gasteiger partial charge in [0.05, 0.1) is 12.1 Å². The number of carbonyl (C=O) groups excluding carboxylic acids is 1. The first-order chi connectivity index (χ1) is 16.4. The summed E-state index contributed by atoms with van der Waals surface area (Å²) in [5.41, 5.74) is 3.24. The first-order valence-corrected chi connectivity index (χ1v) is 12.2. The maximum Gasteiger partial charge on any atom is 0.410 e. The predicted octanol–water partition coefficient (Wildman–Crippen LogP) is 5.96. The number of nitrogens with zero attached hydrogens (tertiary/aromatic N) is 2. The molecule has 0 unspecified atom stereocenters. The second-order valence-electron chi connectivity index (χ2n) is 10.3. The smallest absolute Gasteiger partial charge is 0.410 e. The van der Waals surface area contributed by atoms with Gasteiger partial charge in [0.2, 0.25) is 0 Å². The molecule has 34 heavy (non-hydrogen) atoms. The standard InChI is InChI=1S/C30H36N2O2/c1-30(2,3)34-29(33)32-27(19-24-13-7-4-8-14-24)22-31(21-26-17-11-6-12-18-26)23-28(32)20-25-15-9-5-10-16-25/h4-18,27-28H,19-23H2,1-3H3/t27-,28-/m0/s1. The molecule has 4 rings (SSSR count). The van der Waals surface area contributed by atoms with Crippen LogP contribution in [0.2, 0.25) is 0 Å². The van der Waals surface area contributed by atoms with Crippen LogP contribution in [0.25, 0.3) is 0 Å². The molecule has 0 aliphatic carbocycles. The zero-order valence-electron chi connectivity index (χ0n) is 20.6. The van der Waals surface area contributed by atoms with Crippen LogP contribution in [0.15, 0.2) is 91.0 Å². The molecule has 0 N–H and O–H groups in total. The fourth-order valence-electron chi connectivity index (χ4n) is 4.83. The van der Waals surface area contributed by atoms with Gasteiger partial charge in [0, 0.05) is 19.6 Å². The fraction of sp³-hybridized carbons (Fsp3) is 0.367. The average Bonchev–Trinajstić information content (AvgIpc) is 2.80. The van der Waals surface area contributed by atoms with Crippen molar-refractivity contribution in [3.8, 4) is 0 Å². The molecule has 0 radical (unpaired) electrons. The van der Waals surface area contributed by atoms with E-state index >= 15 is 0 Å². The van der Waals surface area contributed by atoms with Crippen LogP contribution in [0.3, 0.4) is 0 Å². The summed E-state index contributed by atoms with van der Waals surface area (Å²) < 4.78 is 5.94. The van der Waals surface area contributed by atoms with Crippen molar-refractivity contribution in [2.24, 2.45) is 0 Å². The number of amides is 1. The number of ether oxygens (including phenoxy) is 1. The van der Waals surface area contributed by atoms with E-state index in [1.165, 1.54) is 16.7 Å². The summed E-state index contributed by atoms with van der Waals surface area (Å²) in [6.45, 7) is 8.32. The summed E-state index contributed by atoms with van der Waals surface area (Å²) >= 11 is 0. The second kappa shape index (κ2) is 10.9. The Balaban J connectivity index is 1.65. The molecular formula is C30H36N2O2. The molecular weight excluding hydrogens is 420 g/mol. The molecule has 3 aromatic carbocycles. The lowest BCUT2D eigenvalue weighted by Gasteiger charge is -2.47. The number of benzene rings is 3. The highest BCUT2D eigenvalue weighted by Gasteiger charge is 2.39. The van der Waals surface area contributed by atoms with E-state index in [2.05, 4.69) is 83.8 Å². The molecule has 1 saturated heterocycles. The monoisotopic (exact) mass is 456 g/mol. The quantitative estimate of drug-likeness (QED) is 0.459. The van der Waals surface area contributed by atoms with E-state index in [4.69, 9.17) is 4.74 Å².